The molecule has 1 aromatic rings. The van der Waals surface area contributed by atoms with Crippen LogP contribution in [0.3, 0.4) is 0 Å². The van der Waals surface area contributed by atoms with Crippen LogP contribution in [0.2, 0.25) is 0 Å². The first-order chi connectivity index (χ1) is 9.17. The third-order valence-corrected chi connectivity index (χ3v) is 3.39. The van der Waals surface area contributed by atoms with E-state index in [1.165, 1.54) is 12.1 Å². The van der Waals surface area contributed by atoms with Crippen molar-refractivity contribution < 1.29 is 14.0 Å². The normalized spacial score (nSPS) is 25.2. The molecule has 0 saturated carbocycles. The van der Waals surface area contributed by atoms with Crippen molar-refractivity contribution in [2.24, 2.45) is 5.16 Å². The molecular weight excluding hydrogens is 249 g/mol. The van der Waals surface area contributed by atoms with Crippen molar-refractivity contribution in [3.05, 3.63) is 30.1 Å². The summed E-state index contributed by atoms with van der Waals surface area (Å²) >= 11 is 0. The van der Waals surface area contributed by atoms with E-state index in [4.69, 9.17) is 4.84 Å². The molecule has 2 aliphatic rings. The number of nitrogens with one attached hydrogen (secondary N) is 2. The molecule has 1 saturated heterocycles. The summed E-state index contributed by atoms with van der Waals surface area (Å²) in [6.07, 6.45) is 1.33. The van der Waals surface area contributed by atoms with Crippen LogP contribution in [0.1, 0.15) is 12.8 Å². The summed E-state index contributed by atoms with van der Waals surface area (Å²) in [5, 5.41) is 9.67. The molecule has 2 N–H and O–H groups in total. The quantitative estimate of drug-likeness (QED) is 0.844. The second-order valence-corrected chi connectivity index (χ2v) is 4.88. The van der Waals surface area contributed by atoms with Crippen LogP contribution in [0, 0.1) is 5.82 Å². The van der Waals surface area contributed by atoms with Gasteiger partial charge in [0, 0.05) is 25.1 Å². The Balaban J connectivity index is 1.65. The third kappa shape index (κ3) is 2.44. The van der Waals surface area contributed by atoms with E-state index >= 15 is 0 Å². The van der Waals surface area contributed by atoms with Gasteiger partial charge in [-0.1, -0.05) is 11.2 Å². The fourth-order valence-electron chi connectivity index (χ4n) is 2.36. The van der Waals surface area contributed by atoms with E-state index in [0.29, 0.717) is 24.4 Å². The fourth-order valence-corrected chi connectivity index (χ4v) is 2.36. The molecular formula is C13H14FN3O2. The minimum atomic E-state index is -0.390. The molecule has 19 heavy (non-hydrogen) atoms. The van der Waals surface area contributed by atoms with Crippen molar-refractivity contribution in [3.63, 3.8) is 0 Å². The average Bonchev–Trinajstić information content (AvgIpc) is 3.00. The molecule has 1 atom stereocenters. The Labute approximate surface area is 109 Å². The zero-order valence-electron chi connectivity index (χ0n) is 10.3. The van der Waals surface area contributed by atoms with Crippen molar-refractivity contribution in [3.8, 4) is 0 Å². The van der Waals surface area contributed by atoms with Gasteiger partial charge in [0.05, 0.1) is 0 Å². The van der Waals surface area contributed by atoms with Gasteiger partial charge in [0.25, 0.3) is 5.91 Å². The minimum Gasteiger partial charge on any atom is -0.387 e. The number of nitrogens with zero attached hydrogens (tertiary/aromatic N) is 1. The molecule has 2 heterocycles. The van der Waals surface area contributed by atoms with Crippen LogP contribution in [-0.2, 0) is 9.63 Å². The molecule has 0 aromatic heterocycles. The number of anilines is 1. The molecule has 1 spiro atoms. The zero-order chi connectivity index (χ0) is 13.3. The van der Waals surface area contributed by atoms with Gasteiger partial charge in [-0.05, 0) is 24.7 Å². The lowest BCUT2D eigenvalue weighted by Crippen LogP contribution is -2.33. The summed E-state index contributed by atoms with van der Waals surface area (Å²) in [6.45, 7) is 1.57. The number of oxime groups is 1. The maximum atomic E-state index is 13.0. The number of halogens is 1. The second kappa shape index (κ2) is 4.62. The van der Waals surface area contributed by atoms with Gasteiger partial charge in [-0.25, -0.2) is 4.39 Å². The van der Waals surface area contributed by atoms with Crippen LogP contribution in [-0.4, -0.2) is 30.3 Å². The molecule has 3 rings (SSSR count). The SMILES string of the molecule is O=C(Nc1cccc(F)c1)C1=NOC2(CCNC2)C1. The topological polar surface area (TPSA) is 62.7 Å². The summed E-state index contributed by atoms with van der Waals surface area (Å²) in [7, 11) is 0. The van der Waals surface area contributed by atoms with E-state index in [0.717, 1.165) is 13.0 Å². The Morgan fingerprint density at radius 2 is 2.42 bits per heavy atom. The molecule has 1 fully saturated rings. The van der Waals surface area contributed by atoms with Gasteiger partial charge in [0.15, 0.2) is 5.60 Å². The Bertz CT molecular complexity index is 538. The summed E-state index contributed by atoms with van der Waals surface area (Å²) in [5.74, 6) is -0.728. The molecule has 1 unspecified atom stereocenters. The smallest absolute Gasteiger partial charge is 0.273 e. The van der Waals surface area contributed by atoms with Crippen LogP contribution in [0.25, 0.3) is 0 Å². The number of amides is 1. The highest BCUT2D eigenvalue weighted by Gasteiger charge is 2.43. The van der Waals surface area contributed by atoms with Crippen LogP contribution in [0.4, 0.5) is 10.1 Å². The Morgan fingerprint density at radius 1 is 1.53 bits per heavy atom. The van der Waals surface area contributed by atoms with Gasteiger partial charge < -0.3 is 15.5 Å². The van der Waals surface area contributed by atoms with E-state index in [-0.39, 0.29) is 17.3 Å². The Morgan fingerprint density at radius 3 is 3.16 bits per heavy atom. The van der Waals surface area contributed by atoms with Crippen molar-refractivity contribution >= 4 is 17.3 Å². The highest BCUT2D eigenvalue weighted by Crippen LogP contribution is 2.30. The molecule has 0 bridgehead atoms. The first-order valence-corrected chi connectivity index (χ1v) is 6.20. The first-order valence-electron chi connectivity index (χ1n) is 6.20. The molecule has 6 heteroatoms. The van der Waals surface area contributed by atoms with Crippen molar-refractivity contribution in [1.29, 1.82) is 0 Å². The number of hydrogen-bond acceptors (Lipinski definition) is 4. The zero-order valence-corrected chi connectivity index (χ0v) is 10.3. The molecule has 1 aromatic carbocycles. The highest BCUT2D eigenvalue weighted by atomic mass is 19.1. The lowest BCUT2D eigenvalue weighted by Gasteiger charge is -2.18. The van der Waals surface area contributed by atoms with Crippen LogP contribution < -0.4 is 10.6 Å². The molecule has 2 aliphatic heterocycles. The van der Waals surface area contributed by atoms with Gasteiger partial charge in [-0.15, -0.1) is 0 Å². The number of rotatable bonds is 2. The Hall–Kier alpha value is -1.95. The van der Waals surface area contributed by atoms with Gasteiger partial charge >= 0.3 is 0 Å². The Kier molecular flexibility index (Phi) is 2.94. The first kappa shape index (κ1) is 12.1. The maximum Gasteiger partial charge on any atom is 0.273 e. The highest BCUT2D eigenvalue weighted by molar-refractivity contribution is 6.43. The lowest BCUT2D eigenvalue weighted by atomic mass is 9.96. The van der Waals surface area contributed by atoms with E-state index in [1.807, 2.05) is 0 Å². The predicted molar refractivity (Wildman–Crippen MR) is 68.4 cm³/mol. The van der Waals surface area contributed by atoms with E-state index in [1.54, 1.807) is 12.1 Å². The molecule has 0 radical (unpaired) electrons. The second-order valence-electron chi connectivity index (χ2n) is 4.88. The average molecular weight is 263 g/mol. The van der Waals surface area contributed by atoms with Gasteiger partial charge in [0.1, 0.15) is 11.5 Å². The minimum absolute atomic E-state index is 0.339. The summed E-state index contributed by atoms with van der Waals surface area (Å²) in [5.41, 5.74) is 0.403. The van der Waals surface area contributed by atoms with Gasteiger partial charge in [0.2, 0.25) is 0 Å². The van der Waals surface area contributed by atoms with Crippen LogP contribution in [0.5, 0.6) is 0 Å². The van der Waals surface area contributed by atoms with Gasteiger partial charge in [-0.3, -0.25) is 4.79 Å². The predicted octanol–water partition coefficient (Wildman–Crippen LogP) is 1.27. The number of hydrogen-bond donors (Lipinski definition) is 2. The van der Waals surface area contributed by atoms with Crippen LogP contribution in [0.15, 0.2) is 29.4 Å². The van der Waals surface area contributed by atoms with Crippen molar-refractivity contribution in [2.45, 2.75) is 18.4 Å². The summed E-state index contributed by atoms with van der Waals surface area (Å²) in [6, 6.07) is 5.76. The van der Waals surface area contributed by atoms with E-state index in [9.17, 15) is 9.18 Å². The largest absolute Gasteiger partial charge is 0.387 e. The molecule has 100 valence electrons. The molecule has 5 nitrogen and oxygen atoms in total. The molecule has 1 amide bonds. The van der Waals surface area contributed by atoms with E-state index in [2.05, 4.69) is 15.8 Å². The summed E-state index contributed by atoms with van der Waals surface area (Å²) in [4.78, 5) is 17.4. The third-order valence-electron chi connectivity index (χ3n) is 3.39. The van der Waals surface area contributed by atoms with E-state index < -0.39 is 0 Å². The fraction of sp³-hybridized carbons (Fsp3) is 0.385. The number of carbonyl (C=O) groups excluding carboxylic acids is 1. The van der Waals surface area contributed by atoms with Gasteiger partial charge in [-0.2, -0.15) is 0 Å². The monoisotopic (exact) mass is 263 g/mol. The number of carbonyl (C=O) groups is 1. The standard InChI is InChI=1S/C13H14FN3O2/c14-9-2-1-3-10(6-9)16-12(18)11-7-13(19-17-11)4-5-15-8-13/h1-3,6,15H,4-5,7-8H2,(H,16,18). The van der Waals surface area contributed by atoms with Crippen molar-refractivity contribution in [2.75, 3.05) is 18.4 Å². The number of benzene rings is 1. The summed E-state index contributed by atoms with van der Waals surface area (Å²) < 4.78 is 13.0. The molecule has 0 aliphatic carbocycles. The lowest BCUT2D eigenvalue weighted by molar-refractivity contribution is -0.110. The van der Waals surface area contributed by atoms with Crippen LogP contribution >= 0.6 is 0 Å². The maximum absolute atomic E-state index is 13.0. The van der Waals surface area contributed by atoms with Crippen molar-refractivity contribution in [1.82, 2.24) is 5.32 Å².